The van der Waals surface area contributed by atoms with E-state index in [4.69, 9.17) is 0 Å². The highest BCUT2D eigenvalue weighted by molar-refractivity contribution is 5.97. The molecule has 0 radical (unpaired) electrons. The minimum atomic E-state index is -4.47. The molecule has 2 N–H and O–H groups in total. The van der Waals surface area contributed by atoms with E-state index in [2.05, 4.69) is 22.5 Å². The van der Waals surface area contributed by atoms with Crippen LogP contribution in [0.2, 0.25) is 0 Å². The monoisotopic (exact) mass is 420 g/mol. The Morgan fingerprint density at radius 1 is 1.07 bits per heavy atom. The fraction of sp³-hybridized carbons (Fsp3) is 0.273. The molecule has 0 fully saturated rings. The molecule has 2 aromatic rings. The van der Waals surface area contributed by atoms with E-state index in [0.717, 1.165) is 18.2 Å². The van der Waals surface area contributed by atoms with Crippen LogP contribution < -0.4 is 10.6 Å². The minimum Gasteiger partial charge on any atom is -0.343 e. The normalized spacial score (nSPS) is 12.0. The second-order valence-electron chi connectivity index (χ2n) is 6.77. The largest absolute Gasteiger partial charge is 0.416 e. The molecular weight excluding hydrogens is 400 g/mol. The first-order valence-electron chi connectivity index (χ1n) is 9.09. The van der Waals surface area contributed by atoms with Gasteiger partial charge in [-0.15, -0.1) is 0 Å². The molecule has 0 heterocycles. The lowest BCUT2D eigenvalue weighted by atomic mass is 10.0. The third-order valence-corrected chi connectivity index (χ3v) is 4.13. The lowest BCUT2D eigenvalue weighted by Gasteiger charge is -2.21. The molecule has 158 valence electrons. The van der Waals surface area contributed by atoms with Crippen LogP contribution in [0.15, 0.2) is 48.5 Å². The Morgan fingerprint density at radius 3 is 2.40 bits per heavy atom. The van der Waals surface area contributed by atoms with Crippen molar-refractivity contribution in [2.24, 2.45) is 5.92 Å². The summed E-state index contributed by atoms with van der Waals surface area (Å²) in [5.74, 6) is 2.87. The summed E-state index contributed by atoms with van der Waals surface area (Å²) in [7, 11) is 0. The molecule has 0 aromatic heterocycles. The first-order valence-corrected chi connectivity index (χ1v) is 9.09. The Morgan fingerprint density at radius 2 is 1.77 bits per heavy atom. The van der Waals surface area contributed by atoms with E-state index in [1.165, 1.54) is 30.3 Å². The number of hydrogen-bond acceptors (Lipinski definition) is 2. The highest BCUT2D eigenvalue weighted by Gasteiger charge is 2.30. The highest BCUT2D eigenvalue weighted by Crippen LogP contribution is 2.29. The van der Waals surface area contributed by atoms with Crippen LogP contribution in [0.3, 0.4) is 0 Å². The van der Waals surface area contributed by atoms with Gasteiger partial charge in [0.1, 0.15) is 11.9 Å². The van der Waals surface area contributed by atoms with E-state index in [9.17, 15) is 27.2 Å². The second-order valence-corrected chi connectivity index (χ2v) is 6.77. The number of halogens is 4. The quantitative estimate of drug-likeness (QED) is 0.572. The van der Waals surface area contributed by atoms with Crippen molar-refractivity contribution in [1.82, 2.24) is 10.6 Å². The standard InChI is InChI=1S/C22H20F4N2O2/c1-14(2)19(28-20(29)17-10-3-4-11-18(17)23)21(30)27-12-6-8-15-7-5-9-16(13-15)22(24,25)26/h3-5,7,9-11,13-14,19H,12H2,1-2H3,(H,27,30)(H,28,29). The zero-order valence-electron chi connectivity index (χ0n) is 16.3. The van der Waals surface area contributed by atoms with Crippen LogP contribution in [0, 0.1) is 23.6 Å². The van der Waals surface area contributed by atoms with Gasteiger partial charge in [-0.2, -0.15) is 13.2 Å². The van der Waals surface area contributed by atoms with Crippen LogP contribution >= 0.6 is 0 Å². The molecule has 0 spiro atoms. The topological polar surface area (TPSA) is 58.2 Å². The minimum absolute atomic E-state index is 0.131. The summed E-state index contributed by atoms with van der Waals surface area (Å²) in [6, 6.07) is 9.00. The lowest BCUT2D eigenvalue weighted by molar-refractivity contribution is -0.137. The maximum absolute atomic E-state index is 13.8. The molecule has 1 atom stereocenters. The molecule has 1 unspecified atom stereocenters. The first kappa shape index (κ1) is 22.9. The summed E-state index contributed by atoms with van der Waals surface area (Å²) in [5, 5.41) is 5.00. The molecule has 0 saturated heterocycles. The van der Waals surface area contributed by atoms with Gasteiger partial charge in [0.25, 0.3) is 5.91 Å². The van der Waals surface area contributed by atoms with Gasteiger partial charge in [0.2, 0.25) is 5.91 Å². The molecule has 0 aliphatic heterocycles. The molecule has 0 aliphatic rings. The number of rotatable bonds is 5. The highest BCUT2D eigenvalue weighted by atomic mass is 19.4. The molecule has 8 heteroatoms. The van der Waals surface area contributed by atoms with Gasteiger partial charge in [-0.25, -0.2) is 4.39 Å². The summed E-state index contributed by atoms with van der Waals surface area (Å²) in [4.78, 5) is 24.7. The lowest BCUT2D eigenvalue weighted by Crippen LogP contribution is -2.49. The average Bonchev–Trinajstić information content (AvgIpc) is 2.68. The molecule has 4 nitrogen and oxygen atoms in total. The van der Waals surface area contributed by atoms with Gasteiger partial charge in [-0.1, -0.05) is 43.9 Å². The van der Waals surface area contributed by atoms with E-state index in [1.807, 2.05) is 0 Å². The summed E-state index contributed by atoms with van der Waals surface area (Å²) in [6.07, 6.45) is -4.47. The Hall–Kier alpha value is -3.34. The van der Waals surface area contributed by atoms with Gasteiger partial charge in [0.15, 0.2) is 0 Å². The van der Waals surface area contributed by atoms with Crippen molar-refractivity contribution in [1.29, 1.82) is 0 Å². The molecule has 2 aromatic carbocycles. The van der Waals surface area contributed by atoms with Gasteiger partial charge in [0, 0.05) is 5.56 Å². The van der Waals surface area contributed by atoms with Crippen molar-refractivity contribution in [3.63, 3.8) is 0 Å². The molecule has 2 rings (SSSR count). The van der Waals surface area contributed by atoms with Crippen molar-refractivity contribution in [3.05, 3.63) is 71.0 Å². The van der Waals surface area contributed by atoms with Gasteiger partial charge in [0.05, 0.1) is 17.7 Å². The molecule has 0 saturated carbocycles. The number of nitrogens with one attached hydrogen (secondary N) is 2. The fourth-order valence-electron chi connectivity index (χ4n) is 2.56. The van der Waals surface area contributed by atoms with Crippen molar-refractivity contribution >= 4 is 11.8 Å². The van der Waals surface area contributed by atoms with E-state index < -0.39 is 35.4 Å². The van der Waals surface area contributed by atoms with Crippen molar-refractivity contribution in [2.75, 3.05) is 6.54 Å². The van der Waals surface area contributed by atoms with Crippen molar-refractivity contribution < 1.29 is 27.2 Å². The zero-order valence-corrected chi connectivity index (χ0v) is 16.3. The third-order valence-electron chi connectivity index (χ3n) is 4.13. The zero-order chi connectivity index (χ0) is 22.3. The summed E-state index contributed by atoms with van der Waals surface area (Å²) in [6.45, 7) is 3.29. The van der Waals surface area contributed by atoms with Crippen LogP contribution in [-0.4, -0.2) is 24.4 Å². The number of alkyl halides is 3. The molecule has 30 heavy (non-hydrogen) atoms. The molecule has 0 aliphatic carbocycles. The Bertz CT molecular complexity index is 975. The van der Waals surface area contributed by atoms with Crippen molar-refractivity contribution in [2.45, 2.75) is 26.1 Å². The maximum Gasteiger partial charge on any atom is 0.416 e. The summed E-state index contributed by atoms with van der Waals surface area (Å²) >= 11 is 0. The first-order chi connectivity index (χ1) is 14.1. The molecule has 2 amide bonds. The Kier molecular flexibility index (Phi) is 7.59. The van der Waals surface area contributed by atoms with Gasteiger partial charge >= 0.3 is 6.18 Å². The average molecular weight is 420 g/mol. The summed E-state index contributed by atoms with van der Waals surface area (Å²) < 4.78 is 51.9. The van der Waals surface area contributed by atoms with Gasteiger partial charge < -0.3 is 10.6 Å². The Labute approximate surface area is 171 Å². The van der Waals surface area contributed by atoms with Gasteiger partial charge in [-0.3, -0.25) is 9.59 Å². The number of benzene rings is 2. The van der Waals surface area contributed by atoms with Crippen LogP contribution in [0.1, 0.15) is 35.3 Å². The van der Waals surface area contributed by atoms with Crippen LogP contribution in [-0.2, 0) is 11.0 Å². The van der Waals surface area contributed by atoms with E-state index in [1.54, 1.807) is 13.8 Å². The second kappa shape index (κ2) is 9.92. The van der Waals surface area contributed by atoms with Gasteiger partial charge in [-0.05, 0) is 36.2 Å². The van der Waals surface area contributed by atoms with Crippen LogP contribution in [0.5, 0.6) is 0 Å². The van der Waals surface area contributed by atoms with E-state index in [0.29, 0.717) is 0 Å². The van der Waals surface area contributed by atoms with E-state index >= 15 is 0 Å². The van der Waals surface area contributed by atoms with E-state index in [-0.39, 0.29) is 23.6 Å². The predicted molar refractivity (Wildman–Crippen MR) is 104 cm³/mol. The predicted octanol–water partition coefficient (Wildman–Crippen LogP) is 3.77. The van der Waals surface area contributed by atoms with Crippen LogP contribution in [0.25, 0.3) is 0 Å². The van der Waals surface area contributed by atoms with Crippen molar-refractivity contribution in [3.8, 4) is 11.8 Å². The SMILES string of the molecule is CC(C)C(NC(=O)c1ccccc1F)C(=O)NCC#Cc1cccc(C(F)(F)F)c1. The molecular formula is C22H20F4N2O2. The number of amides is 2. The molecule has 0 bridgehead atoms. The number of carbonyl (C=O) groups is 2. The number of carbonyl (C=O) groups excluding carboxylic acids is 2. The van der Waals surface area contributed by atoms with Crippen LogP contribution in [0.4, 0.5) is 17.6 Å². The Balaban J connectivity index is 1.99. The number of hydrogen-bond donors (Lipinski definition) is 2. The smallest absolute Gasteiger partial charge is 0.343 e. The summed E-state index contributed by atoms with van der Waals surface area (Å²) in [5.41, 5.74) is -0.832. The fourth-order valence-corrected chi connectivity index (χ4v) is 2.56. The maximum atomic E-state index is 13.8. The third kappa shape index (κ3) is 6.34.